The van der Waals surface area contributed by atoms with Crippen molar-refractivity contribution in [1.82, 2.24) is 0 Å². The summed E-state index contributed by atoms with van der Waals surface area (Å²) in [5.41, 5.74) is 0.837. The van der Waals surface area contributed by atoms with Crippen molar-refractivity contribution in [1.29, 1.82) is 0 Å². The van der Waals surface area contributed by atoms with E-state index in [4.69, 9.17) is 8.83 Å². The van der Waals surface area contributed by atoms with Crippen LogP contribution in [0.15, 0.2) is 63.6 Å². The lowest BCUT2D eigenvalue weighted by molar-refractivity contribution is 0.509. The van der Waals surface area contributed by atoms with E-state index in [-0.39, 0.29) is 5.76 Å². The van der Waals surface area contributed by atoms with Crippen molar-refractivity contribution in [2.24, 2.45) is 0 Å². The highest BCUT2D eigenvalue weighted by atomic mass is 19.1. The van der Waals surface area contributed by atoms with Crippen molar-refractivity contribution in [3.8, 4) is 22.8 Å². The molecule has 0 unspecified atom stereocenters. The molecular weight excluding hydrogens is 219 g/mol. The van der Waals surface area contributed by atoms with E-state index in [0.29, 0.717) is 11.5 Å². The lowest BCUT2D eigenvalue weighted by Crippen LogP contribution is -1.71. The number of benzene rings is 1. The molecule has 2 heterocycles. The van der Waals surface area contributed by atoms with Gasteiger partial charge in [-0.25, -0.2) is 4.39 Å². The summed E-state index contributed by atoms with van der Waals surface area (Å²) < 4.78 is 24.3. The first-order valence-corrected chi connectivity index (χ1v) is 5.23. The second-order valence-electron chi connectivity index (χ2n) is 3.63. The van der Waals surface area contributed by atoms with Crippen molar-refractivity contribution in [2.75, 3.05) is 0 Å². The van der Waals surface area contributed by atoms with E-state index in [1.807, 2.05) is 30.3 Å². The van der Waals surface area contributed by atoms with E-state index in [1.165, 1.54) is 12.3 Å². The lowest BCUT2D eigenvalue weighted by Gasteiger charge is -1.94. The highest BCUT2D eigenvalue weighted by Crippen LogP contribution is 2.31. The molecule has 3 heteroatoms. The Labute approximate surface area is 97.3 Å². The molecule has 0 atom stereocenters. The highest BCUT2D eigenvalue weighted by molar-refractivity contribution is 5.62. The summed E-state index contributed by atoms with van der Waals surface area (Å²) in [6, 6.07) is 14.1. The van der Waals surface area contributed by atoms with Gasteiger partial charge in [0.15, 0.2) is 11.6 Å². The molecule has 0 spiro atoms. The van der Waals surface area contributed by atoms with Crippen LogP contribution in [0.25, 0.3) is 22.8 Å². The molecule has 17 heavy (non-hydrogen) atoms. The molecule has 0 aliphatic heterocycles. The number of rotatable bonds is 2. The van der Waals surface area contributed by atoms with Gasteiger partial charge in [0.05, 0.1) is 6.26 Å². The predicted octanol–water partition coefficient (Wildman–Crippen LogP) is 4.35. The Morgan fingerprint density at radius 1 is 0.882 bits per heavy atom. The summed E-state index contributed by atoms with van der Waals surface area (Å²) in [5, 5.41) is 0. The first-order chi connectivity index (χ1) is 8.34. The van der Waals surface area contributed by atoms with Crippen LogP contribution in [0.2, 0.25) is 0 Å². The average molecular weight is 228 g/mol. The van der Waals surface area contributed by atoms with Crippen LogP contribution in [0.5, 0.6) is 0 Å². The number of furan rings is 2. The maximum absolute atomic E-state index is 13.7. The van der Waals surface area contributed by atoms with E-state index in [2.05, 4.69) is 0 Å². The van der Waals surface area contributed by atoms with E-state index in [0.717, 1.165) is 5.56 Å². The number of hydrogen-bond donors (Lipinski definition) is 0. The fourth-order valence-electron chi connectivity index (χ4n) is 1.69. The van der Waals surface area contributed by atoms with Crippen LogP contribution in [0, 0.1) is 5.82 Å². The maximum atomic E-state index is 13.7. The SMILES string of the molecule is Fc1cc(-c2ccccc2)oc1-c1ccco1. The van der Waals surface area contributed by atoms with Crippen LogP contribution in [0.3, 0.4) is 0 Å². The van der Waals surface area contributed by atoms with Gasteiger partial charge in [-0.2, -0.15) is 0 Å². The fraction of sp³-hybridized carbons (Fsp3) is 0. The summed E-state index contributed by atoms with van der Waals surface area (Å²) in [4.78, 5) is 0. The standard InChI is InChI=1S/C14H9FO2/c15-11-9-13(10-5-2-1-3-6-10)17-14(11)12-7-4-8-16-12/h1-9H. The third-order valence-corrected chi connectivity index (χ3v) is 2.49. The quantitative estimate of drug-likeness (QED) is 0.651. The first kappa shape index (κ1) is 9.90. The zero-order valence-electron chi connectivity index (χ0n) is 8.89. The Hall–Kier alpha value is -2.29. The zero-order valence-corrected chi connectivity index (χ0v) is 8.89. The van der Waals surface area contributed by atoms with E-state index < -0.39 is 5.82 Å². The first-order valence-electron chi connectivity index (χ1n) is 5.23. The lowest BCUT2D eigenvalue weighted by atomic mass is 10.2. The molecule has 0 radical (unpaired) electrons. The topological polar surface area (TPSA) is 26.3 Å². The van der Waals surface area contributed by atoms with Crippen LogP contribution in [0.1, 0.15) is 0 Å². The van der Waals surface area contributed by atoms with Crippen LogP contribution >= 0.6 is 0 Å². The Morgan fingerprint density at radius 2 is 1.71 bits per heavy atom. The molecule has 1 aromatic carbocycles. The van der Waals surface area contributed by atoms with Gasteiger partial charge < -0.3 is 8.83 Å². The van der Waals surface area contributed by atoms with Crippen molar-refractivity contribution >= 4 is 0 Å². The Bertz CT molecular complexity index is 609. The summed E-state index contributed by atoms with van der Waals surface area (Å²) in [5.74, 6) is 0.604. The van der Waals surface area contributed by atoms with E-state index in [9.17, 15) is 4.39 Å². The molecule has 0 saturated carbocycles. The number of halogens is 1. The van der Waals surface area contributed by atoms with Gasteiger partial charge in [-0.3, -0.25) is 0 Å². The van der Waals surface area contributed by atoms with Crippen LogP contribution in [-0.4, -0.2) is 0 Å². The molecule has 3 aromatic rings. The summed E-state index contributed by atoms with van der Waals surface area (Å²) in [6.07, 6.45) is 1.49. The summed E-state index contributed by atoms with van der Waals surface area (Å²) >= 11 is 0. The minimum absolute atomic E-state index is 0.133. The van der Waals surface area contributed by atoms with Crippen LogP contribution < -0.4 is 0 Å². The van der Waals surface area contributed by atoms with Gasteiger partial charge in [0.25, 0.3) is 0 Å². The van der Waals surface area contributed by atoms with Gasteiger partial charge in [-0.1, -0.05) is 30.3 Å². The van der Waals surface area contributed by atoms with Gasteiger partial charge in [0, 0.05) is 11.6 Å². The molecule has 0 saturated heterocycles. The molecule has 0 fully saturated rings. The third-order valence-electron chi connectivity index (χ3n) is 2.49. The van der Waals surface area contributed by atoms with Gasteiger partial charge in [-0.15, -0.1) is 0 Å². The minimum atomic E-state index is -0.418. The summed E-state index contributed by atoms with van der Waals surface area (Å²) in [7, 11) is 0. The van der Waals surface area contributed by atoms with Gasteiger partial charge in [0.1, 0.15) is 5.76 Å². The molecule has 2 aromatic heterocycles. The third kappa shape index (κ3) is 1.76. The van der Waals surface area contributed by atoms with Gasteiger partial charge >= 0.3 is 0 Å². The van der Waals surface area contributed by atoms with Crippen LogP contribution in [-0.2, 0) is 0 Å². The molecule has 3 rings (SSSR count). The van der Waals surface area contributed by atoms with E-state index >= 15 is 0 Å². The van der Waals surface area contributed by atoms with E-state index in [1.54, 1.807) is 12.1 Å². The van der Waals surface area contributed by atoms with Crippen molar-refractivity contribution < 1.29 is 13.2 Å². The number of hydrogen-bond acceptors (Lipinski definition) is 2. The average Bonchev–Trinajstić information content (AvgIpc) is 2.99. The second kappa shape index (κ2) is 3.94. The van der Waals surface area contributed by atoms with Crippen molar-refractivity contribution in [3.05, 3.63) is 60.6 Å². The Kier molecular flexibility index (Phi) is 2.29. The largest absolute Gasteiger partial charge is 0.461 e. The maximum Gasteiger partial charge on any atom is 0.205 e. The van der Waals surface area contributed by atoms with Crippen molar-refractivity contribution in [3.63, 3.8) is 0 Å². The monoisotopic (exact) mass is 228 g/mol. The van der Waals surface area contributed by atoms with Gasteiger partial charge in [0.2, 0.25) is 5.76 Å². The summed E-state index contributed by atoms with van der Waals surface area (Å²) in [6.45, 7) is 0. The smallest absolute Gasteiger partial charge is 0.205 e. The predicted molar refractivity (Wildman–Crippen MR) is 61.8 cm³/mol. The highest BCUT2D eigenvalue weighted by Gasteiger charge is 2.15. The zero-order chi connectivity index (χ0) is 11.7. The minimum Gasteiger partial charge on any atom is -0.461 e. The molecule has 0 amide bonds. The molecule has 0 aliphatic carbocycles. The molecule has 0 bridgehead atoms. The molecule has 2 nitrogen and oxygen atoms in total. The molecule has 0 N–H and O–H groups in total. The molecule has 84 valence electrons. The Balaban J connectivity index is 2.08. The van der Waals surface area contributed by atoms with Gasteiger partial charge in [-0.05, 0) is 12.1 Å². The molecular formula is C14H9FO2. The molecule has 0 aliphatic rings. The second-order valence-corrected chi connectivity index (χ2v) is 3.63. The normalized spacial score (nSPS) is 10.6. The van der Waals surface area contributed by atoms with Crippen molar-refractivity contribution in [2.45, 2.75) is 0 Å². The Morgan fingerprint density at radius 3 is 2.41 bits per heavy atom. The fourth-order valence-corrected chi connectivity index (χ4v) is 1.69. The van der Waals surface area contributed by atoms with Crippen LogP contribution in [0.4, 0.5) is 4.39 Å².